The average Bonchev–Trinajstić information content (AvgIpc) is 1.89. The van der Waals surface area contributed by atoms with E-state index in [9.17, 15) is 0 Å². The summed E-state index contributed by atoms with van der Waals surface area (Å²) in [4.78, 5) is 0. The summed E-state index contributed by atoms with van der Waals surface area (Å²) in [5.74, 6) is 0. The highest BCUT2D eigenvalue weighted by atomic mass is 127. The second-order valence-corrected chi connectivity index (χ2v) is 4.47. The van der Waals surface area contributed by atoms with Crippen LogP contribution in [0.4, 0.5) is 0 Å². The van der Waals surface area contributed by atoms with Crippen molar-refractivity contribution in [3.05, 3.63) is 12.2 Å². The van der Waals surface area contributed by atoms with E-state index in [1.54, 1.807) is 0 Å². The van der Waals surface area contributed by atoms with Crippen molar-refractivity contribution in [1.82, 2.24) is 0 Å². The quantitative estimate of drug-likeness (QED) is 0.399. The molecular weight excluding hydrogens is 235 g/mol. The van der Waals surface area contributed by atoms with Gasteiger partial charge in [0.15, 0.2) is 0 Å². The van der Waals surface area contributed by atoms with Crippen LogP contribution in [0.5, 0.6) is 0 Å². The van der Waals surface area contributed by atoms with Crippen LogP contribution in [0.15, 0.2) is 12.2 Å². The molecule has 0 saturated carbocycles. The normalized spacial score (nSPS) is 32.6. The summed E-state index contributed by atoms with van der Waals surface area (Å²) in [6, 6.07) is 0. The third-order valence-electron chi connectivity index (χ3n) is 2.30. The minimum Gasteiger partial charge on any atom is -0.0880 e. The van der Waals surface area contributed by atoms with Gasteiger partial charge in [0.1, 0.15) is 0 Å². The largest absolute Gasteiger partial charge is 0.0880 e. The number of allylic oxidation sites excluding steroid dienone is 2. The third kappa shape index (κ3) is 2.26. The molecule has 0 heterocycles. The van der Waals surface area contributed by atoms with Crippen LogP contribution in [0.1, 0.15) is 32.6 Å². The lowest BCUT2D eigenvalue weighted by molar-refractivity contribution is 0.357. The molecule has 0 bridgehead atoms. The summed E-state index contributed by atoms with van der Waals surface area (Å²) in [6.07, 6.45) is 10.2. The van der Waals surface area contributed by atoms with Gasteiger partial charge in [-0.15, -0.1) is 0 Å². The molecule has 0 saturated heterocycles. The zero-order valence-corrected chi connectivity index (χ0v) is 8.73. The molecule has 1 heteroatoms. The van der Waals surface area contributed by atoms with Crippen molar-refractivity contribution in [3.8, 4) is 0 Å². The lowest BCUT2D eigenvalue weighted by atomic mass is 9.79. The second-order valence-electron chi connectivity index (χ2n) is 3.39. The Kier molecular flexibility index (Phi) is 3.21. The minimum atomic E-state index is 0.541. The third-order valence-corrected chi connectivity index (χ3v) is 2.84. The predicted octanol–water partition coefficient (Wildman–Crippen LogP) is 3.56. The monoisotopic (exact) mass is 250 g/mol. The first-order chi connectivity index (χ1) is 4.77. The number of halogens is 1. The summed E-state index contributed by atoms with van der Waals surface area (Å²) in [5, 5.41) is 0. The maximum atomic E-state index is 2.47. The number of hydrogen-bond donors (Lipinski definition) is 0. The van der Waals surface area contributed by atoms with Crippen molar-refractivity contribution >= 4 is 22.6 Å². The first-order valence-electron chi connectivity index (χ1n) is 4.00. The van der Waals surface area contributed by atoms with Crippen molar-refractivity contribution in [2.24, 2.45) is 5.41 Å². The van der Waals surface area contributed by atoms with Crippen LogP contribution in [-0.2, 0) is 0 Å². The highest BCUT2D eigenvalue weighted by molar-refractivity contribution is 14.1. The topological polar surface area (TPSA) is 0 Å². The molecule has 0 aromatic carbocycles. The van der Waals surface area contributed by atoms with Crippen LogP contribution in [0.25, 0.3) is 0 Å². The molecule has 58 valence electrons. The molecule has 0 radical (unpaired) electrons. The first kappa shape index (κ1) is 8.57. The smallest absolute Gasteiger partial charge is 0.000343 e. The SMILES string of the molecule is CC1(CCI)C=CCCC1. The van der Waals surface area contributed by atoms with E-state index in [0.29, 0.717) is 5.41 Å². The Morgan fingerprint density at radius 2 is 2.40 bits per heavy atom. The van der Waals surface area contributed by atoms with Crippen LogP contribution in [0, 0.1) is 5.41 Å². The fraction of sp³-hybridized carbons (Fsp3) is 0.778. The molecule has 0 amide bonds. The van der Waals surface area contributed by atoms with Gasteiger partial charge in [-0.2, -0.15) is 0 Å². The fourth-order valence-corrected chi connectivity index (χ4v) is 2.73. The minimum absolute atomic E-state index is 0.541. The van der Waals surface area contributed by atoms with Crippen LogP contribution < -0.4 is 0 Å². The summed E-state index contributed by atoms with van der Waals surface area (Å²) >= 11 is 2.47. The van der Waals surface area contributed by atoms with E-state index in [4.69, 9.17) is 0 Å². The van der Waals surface area contributed by atoms with Crippen molar-refractivity contribution in [3.63, 3.8) is 0 Å². The van der Waals surface area contributed by atoms with Crippen molar-refractivity contribution in [1.29, 1.82) is 0 Å². The second kappa shape index (κ2) is 3.74. The van der Waals surface area contributed by atoms with Crippen LogP contribution in [0.2, 0.25) is 0 Å². The van der Waals surface area contributed by atoms with Gasteiger partial charge in [-0.05, 0) is 31.1 Å². The fourth-order valence-electron chi connectivity index (χ4n) is 1.50. The molecule has 1 aliphatic rings. The van der Waals surface area contributed by atoms with Crippen LogP contribution in [-0.4, -0.2) is 4.43 Å². The zero-order chi connectivity index (χ0) is 7.45. The van der Waals surface area contributed by atoms with E-state index in [-0.39, 0.29) is 0 Å². The van der Waals surface area contributed by atoms with Gasteiger partial charge in [-0.3, -0.25) is 0 Å². The lowest BCUT2D eigenvalue weighted by Gasteiger charge is -2.27. The van der Waals surface area contributed by atoms with Gasteiger partial charge in [0.05, 0.1) is 0 Å². The van der Waals surface area contributed by atoms with Crippen molar-refractivity contribution in [2.75, 3.05) is 4.43 Å². The van der Waals surface area contributed by atoms with E-state index in [0.717, 1.165) is 0 Å². The number of hydrogen-bond acceptors (Lipinski definition) is 0. The van der Waals surface area contributed by atoms with Gasteiger partial charge in [-0.1, -0.05) is 41.7 Å². The standard InChI is InChI=1S/C9H15I/c1-9(7-8-10)5-3-2-4-6-9/h3,5H,2,4,6-8H2,1H3. The summed E-state index contributed by atoms with van der Waals surface area (Å²) in [6.45, 7) is 2.38. The van der Waals surface area contributed by atoms with Crippen LogP contribution in [0.3, 0.4) is 0 Å². The Bertz CT molecular complexity index is 129. The Labute approximate surface area is 77.2 Å². The predicted molar refractivity (Wildman–Crippen MR) is 54.6 cm³/mol. The summed E-state index contributed by atoms with van der Waals surface area (Å²) < 4.78 is 1.29. The summed E-state index contributed by atoms with van der Waals surface area (Å²) in [7, 11) is 0. The van der Waals surface area contributed by atoms with Gasteiger partial charge in [0, 0.05) is 4.43 Å². The molecule has 1 unspecified atom stereocenters. The average molecular weight is 250 g/mol. The molecule has 0 spiro atoms. The molecular formula is C9H15I. The van der Waals surface area contributed by atoms with Gasteiger partial charge in [0.2, 0.25) is 0 Å². The molecule has 0 aromatic rings. The van der Waals surface area contributed by atoms with Gasteiger partial charge in [0.25, 0.3) is 0 Å². The van der Waals surface area contributed by atoms with E-state index in [2.05, 4.69) is 41.7 Å². The molecule has 0 nitrogen and oxygen atoms in total. The Morgan fingerprint density at radius 1 is 1.60 bits per heavy atom. The zero-order valence-electron chi connectivity index (χ0n) is 6.57. The molecule has 1 aliphatic carbocycles. The molecule has 0 aromatic heterocycles. The molecule has 10 heavy (non-hydrogen) atoms. The van der Waals surface area contributed by atoms with E-state index >= 15 is 0 Å². The maximum Gasteiger partial charge on any atom is 0.000343 e. The Balaban J connectivity index is 2.48. The molecule has 1 atom stereocenters. The Hall–Kier alpha value is 0.470. The van der Waals surface area contributed by atoms with Gasteiger partial charge >= 0.3 is 0 Å². The highest BCUT2D eigenvalue weighted by Gasteiger charge is 2.21. The molecule has 0 fully saturated rings. The van der Waals surface area contributed by atoms with Gasteiger partial charge in [-0.25, -0.2) is 0 Å². The van der Waals surface area contributed by atoms with E-state index in [1.165, 1.54) is 30.1 Å². The maximum absolute atomic E-state index is 2.47. The first-order valence-corrected chi connectivity index (χ1v) is 5.53. The van der Waals surface area contributed by atoms with Crippen LogP contribution >= 0.6 is 22.6 Å². The summed E-state index contributed by atoms with van der Waals surface area (Å²) in [5.41, 5.74) is 0.541. The van der Waals surface area contributed by atoms with Crippen molar-refractivity contribution in [2.45, 2.75) is 32.6 Å². The molecule has 0 aliphatic heterocycles. The number of rotatable bonds is 2. The molecule has 1 rings (SSSR count). The van der Waals surface area contributed by atoms with Gasteiger partial charge < -0.3 is 0 Å². The van der Waals surface area contributed by atoms with E-state index in [1.807, 2.05) is 0 Å². The lowest BCUT2D eigenvalue weighted by Crippen LogP contribution is -2.15. The van der Waals surface area contributed by atoms with E-state index < -0.39 is 0 Å². The van der Waals surface area contributed by atoms with Crippen molar-refractivity contribution < 1.29 is 0 Å². The Morgan fingerprint density at radius 3 is 2.90 bits per heavy atom. The molecule has 0 N–H and O–H groups in total. The number of alkyl halides is 1. The highest BCUT2D eigenvalue weighted by Crippen LogP contribution is 2.34.